The Morgan fingerprint density at radius 1 is 1.39 bits per heavy atom. The van der Waals surface area contributed by atoms with Gasteiger partial charge in [-0.1, -0.05) is 12.1 Å². The van der Waals surface area contributed by atoms with E-state index in [2.05, 4.69) is 5.32 Å². The summed E-state index contributed by atoms with van der Waals surface area (Å²) in [5.41, 5.74) is 0.726. The van der Waals surface area contributed by atoms with Crippen LogP contribution in [0.5, 0.6) is 5.75 Å². The van der Waals surface area contributed by atoms with Crippen LogP contribution in [0.2, 0.25) is 0 Å². The first-order valence-corrected chi connectivity index (χ1v) is 5.91. The van der Waals surface area contributed by atoms with Crippen LogP contribution in [0.4, 0.5) is 0 Å². The summed E-state index contributed by atoms with van der Waals surface area (Å²) in [5, 5.41) is 21.3. The molecule has 100 valence electrons. The molecule has 0 saturated heterocycles. The lowest BCUT2D eigenvalue weighted by Crippen LogP contribution is -2.36. The van der Waals surface area contributed by atoms with Crippen molar-refractivity contribution in [3.05, 3.63) is 29.8 Å². The third-order valence-corrected chi connectivity index (χ3v) is 2.56. The minimum absolute atomic E-state index is 0.196. The zero-order valence-electron chi connectivity index (χ0n) is 10.6. The van der Waals surface area contributed by atoms with E-state index in [-0.39, 0.29) is 6.54 Å². The fourth-order valence-corrected chi connectivity index (χ4v) is 1.45. The summed E-state index contributed by atoms with van der Waals surface area (Å²) < 4.78 is 5.30. The van der Waals surface area contributed by atoms with E-state index in [9.17, 15) is 9.90 Å². The molecule has 0 bridgehead atoms. The number of carboxylic acids is 1. The van der Waals surface area contributed by atoms with Gasteiger partial charge in [-0.05, 0) is 31.5 Å². The van der Waals surface area contributed by atoms with E-state index in [1.54, 1.807) is 24.3 Å². The van der Waals surface area contributed by atoms with Crippen molar-refractivity contribution >= 4 is 5.97 Å². The van der Waals surface area contributed by atoms with Crippen LogP contribution in [-0.2, 0) is 4.79 Å². The van der Waals surface area contributed by atoms with Crippen molar-refractivity contribution < 1.29 is 19.7 Å². The largest absolute Gasteiger partial charge is 0.494 e. The van der Waals surface area contributed by atoms with Gasteiger partial charge in [-0.3, -0.25) is 4.79 Å². The topological polar surface area (TPSA) is 78.8 Å². The van der Waals surface area contributed by atoms with Gasteiger partial charge in [0.2, 0.25) is 0 Å². The average molecular weight is 253 g/mol. The predicted octanol–water partition coefficient (Wildman–Crippen LogP) is 1.18. The first-order chi connectivity index (χ1) is 8.54. The van der Waals surface area contributed by atoms with Gasteiger partial charge in [-0.25, -0.2) is 0 Å². The normalized spacial score (nSPS) is 13.9. The maximum absolute atomic E-state index is 10.6. The monoisotopic (exact) mass is 253 g/mol. The van der Waals surface area contributed by atoms with Crippen LogP contribution in [0.15, 0.2) is 24.3 Å². The number of carboxylic acid groups (broad SMARTS) is 1. The van der Waals surface area contributed by atoms with E-state index in [4.69, 9.17) is 9.84 Å². The number of ether oxygens (including phenoxy) is 1. The van der Waals surface area contributed by atoms with Crippen LogP contribution in [0.3, 0.4) is 0 Å². The zero-order valence-corrected chi connectivity index (χ0v) is 10.6. The van der Waals surface area contributed by atoms with E-state index in [0.29, 0.717) is 6.61 Å². The van der Waals surface area contributed by atoms with Gasteiger partial charge >= 0.3 is 5.97 Å². The predicted molar refractivity (Wildman–Crippen MR) is 67.7 cm³/mol. The van der Waals surface area contributed by atoms with E-state index in [1.165, 1.54) is 6.92 Å². The molecule has 0 aliphatic heterocycles. The van der Waals surface area contributed by atoms with E-state index >= 15 is 0 Å². The summed E-state index contributed by atoms with van der Waals surface area (Å²) in [6, 6.07) is 6.42. The summed E-state index contributed by atoms with van der Waals surface area (Å²) in [6.07, 6.45) is -0.734. The van der Waals surface area contributed by atoms with Gasteiger partial charge in [0.25, 0.3) is 0 Å². The number of hydrogen-bond donors (Lipinski definition) is 3. The Balaban J connectivity index is 2.50. The molecule has 2 unspecified atom stereocenters. The van der Waals surface area contributed by atoms with Crippen molar-refractivity contribution in [1.29, 1.82) is 0 Å². The second-order valence-corrected chi connectivity index (χ2v) is 3.99. The minimum atomic E-state index is -0.936. The summed E-state index contributed by atoms with van der Waals surface area (Å²) in [7, 11) is 0. The van der Waals surface area contributed by atoms with Crippen molar-refractivity contribution in [3.63, 3.8) is 0 Å². The van der Waals surface area contributed by atoms with Gasteiger partial charge in [-0.2, -0.15) is 0 Å². The van der Waals surface area contributed by atoms with Gasteiger partial charge in [0, 0.05) is 6.54 Å². The highest BCUT2D eigenvalue weighted by molar-refractivity contribution is 5.72. The number of aliphatic hydroxyl groups is 1. The zero-order chi connectivity index (χ0) is 13.5. The molecule has 0 aromatic heterocycles. The molecule has 0 spiro atoms. The number of carbonyl (C=O) groups is 1. The third-order valence-electron chi connectivity index (χ3n) is 2.56. The van der Waals surface area contributed by atoms with Crippen molar-refractivity contribution in [3.8, 4) is 5.75 Å². The molecular weight excluding hydrogens is 234 g/mol. The maximum atomic E-state index is 10.6. The van der Waals surface area contributed by atoms with Crippen molar-refractivity contribution in [2.75, 3.05) is 13.2 Å². The van der Waals surface area contributed by atoms with Crippen molar-refractivity contribution in [2.24, 2.45) is 0 Å². The molecule has 1 aromatic carbocycles. The Labute approximate surface area is 106 Å². The van der Waals surface area contributed by atoms with Crippen LogP contribution in [0, 0.1) is 0 Å². The lowest BCUT2D eigenvalue weighted by atomic mass is 10.1. The standard InChI is InChI=1S/C13H19NO4/c1-3-18-11-6-4-10(5-7-11)12(15)8-14-9(2)13(16)17/h4-7,9,12,14-15H,3,8H2,1-2H3,(H,16,17). The van der Waals surface area contributed by atoms with Gasteiger partial charge < -0.3 is 20.3 Å². The van der Waals surface area contributed by atoms with Gasteiger partial charge in [0.1, 0.15) is 11.8 Å². The Bertz CT molecular complexity index is 377. The molecule has 18 heavy (non-hydrogen) atoms. The molecule has 0 saturated carbocycles. The molecule has 5 nitrogen and oxygen atoms in total. The van der Waals surface area contributed by atoms with Crippen molar-refractivity contribution in [2.45, 2.75) is 26.0 Å². The maximum Gasteiger partial charge on any atom is 0.320 e. The summed E-state index contributed by atoms with van der Waals surface area (Å²) >= 11 is 0. The summed E-state index contributed by atoms with van der Waals surface area (Å²) in [5.74, 6) is -0.186. The molecule has 0 heterocycles. The van der Waals surface area contributed by atoms with E-state index < -0.39 is 18.1 Å². The quantitative estimate of drug-likeness (QED) is 0.680. The van der Waals surface area contributed by atoms with Crippen LogP contribution in [0.25, 0.3) is 0 Å². The molecule has 5 heteroatoms. The number of nitrogens with one attached hydrogen (secondary N) is 1. The fraction of sp³-hybridized carbons (Fsp3) is 0.462. The number of aliphatic hydroxyl groups excluding tert-OH is 1. The van der Waals surface area contributed by atoms with E-state index in [1.807, 2.05) is 6.92 Å². The molecule has 0 aliphatic carbocycles. The lowest BCUT2D eigenvalue weighted by molar-refractivity contribution is -0.139. The molecule has 2 atom stereocenters. The average Bonchev–Trinajstić information content (AvgIpc) is 2.36. The molecule has 1 rings (SSSR count). The van der Waals surface area contributed by atoms with Crippen LogP contribution in [0.1, 0.15) is 25.5 Å². The Hall–Kier alpha value is -1.59. The Kier molecular flexibility index (Phi) is 5.61. The molecule has 0 amide bonds. The first-order valence-electron chi connectivity index (χ1n) is 5.91. The molecule has 0 aliphatic rings. The highest BCUT2D eigenvalue weighted by Crippen LogP contribution is 2.17. The molecule has 3 N–H and O–H groups in total. The van der Waals surface area contributed by atoms with Gasteiger partial charge in [-0.15, -0.1) is 0 Å². The third kappa shape index (κ3) is 4.35. The van der Waals surface area contributed by atoms with Gasteiger partial charge in [0.15, 0.2) is 0 Å². The minimum Gasteiger partial charge on any atom is -0.494 e. The second-order valence-electron chi connectivity index (χ2n) is 3.99. The number of rotatable bonds is 7. The van der Waals surface area contributed by atoms with Gasteiger partial charge in [0.05, 0.1) is 12.7 Å². The van der Waals surface area contributed by atoms with Crippen LogP contribution in [-0.4, -0.2) is 35.4 Å². The number of aliphatic carboxylic acids is 1. The molecule has 0 fully saturated rings. The lowest BCUT2D eigenvalue weighted by Gasteiger charge is -2.15. The molecular formula is C13H19NO4. The van der Waals surface area contributed by atoms with E-state index in [0.717, 1.165) is 11.3 Å². The van der Waals surface area contributed by atoms with Crippen LogP contribution < -0.4 is 10.1 Å². The highest BCUT2D eigenvalue weighted by Gasteiger charge is 2.13. The summed E-state index contributed by atoms with van der Waals surface area (Å²) in [4.78, 5) is 10.6. The number of benzene rings is 1. The van der Waals surface area contributed by atoms with Crippen LogP contribution >= 0.6 is 0 Å². The number of hydrogen-bond acceptors (Lipinski definition) is 4. The molecule has 1 aromatic rings. The smallest absolute Gasteiger partial charge is 0.320 e. The van der Waals surface area contributed by atoms with Crippen molar-refractivity contribution in [1.82, 2.24) is 5.32 Å². The SMILES string of the molecule is CCOc1ccc(C(O)CNC(C)C(=O)O)cc1. The second kappa shape index (κ2) is 6.98. The summed E-state index contributed by atoms with van der Waals surface area (Å²) in [6.45, 7) is 4.23. The Morgan fingerprint density at radius 2 is 2.00 bits per heavy atom. The highest BCUT2D eigenvalue weighted by atomic mass is 16.5. The fourth-order valence-electron chi connectivity index (χ4n) is 1.45. The first kappa shape index (κ1) is 14.5. The molecule has 0 radical (unpaired) electrons. The Morgan fingerprint density at radius 3 is 2.50 bits per heavy atom.